The molecule has 2 N–H and O–H groups in total. The van der Waals surface area contributed by atoms with Gasteiger partial charge in [-0.1, -0.05) is 0 Å². The van der Waals surface area contributed by atoms with Crippen LogP contribution in [0.25, 0.3) is 0 Å². The molecule has 1 aliphatic heterocycles. The number of hydrogen-bond acceptors (Lipinski definition) is 3. The Morgan fingerprint density at radius 1 is 1.41 bits per heavy atom. The Morgan fingerprint density at radius 2 is 2.18 bits per heavy atom. The Labute approximate surface area is 136 Å². The highest BCUT2D eigenvalue weighted by Crippen LogP contribution is 2.17. The standard InChI is InChI=1S/C16H25N3O2S/c1-11-6-4-5-9-19(11)15(20)13(3)18-16(21)17-10-14-8-7-12(2)22-14/h7-8,11,13H,4-6,9-10H2,1-3H3,(H2,17,18,21)/t11-,13-/m0/s1. The third-order valence-electron chi connectivity index (χ3n) is 4.02. The summed E-state index contributed by atoms with van der Waals surface area (Å²) >= 11 is 1.66. The van der Waals surface area contributed by atoms with Crippen LogP contribution in [0.4, 0.5) is 4.79 Å². The molecule has 1 aliphatic rings. The number of thiophene rings is 1. The number of carbonyl (C=O) groups excluding carboxylic acids is 2. The Morgan fingerprint density at radius 3 is 2.82 bits per heavy atom. The molecule has 3 amide bonds. The first-order valence-electron chi connectivity index (χ1n) is 7.87. The number of nitrogens with zero attached hydrogens (tertiary/aromatic N) is 1. The summed E-state index contributed by atoms with van der Waals surface area (Å²) in [6.07, 6.45) is 3.27. The van der Waals surface area contributed by atoms with Crippen molar-refractivity contribution in [1.82, 2.24) is 15.5 Å². The first kappa shape index (κ1) is 16.8. The lowest BCUT2D eigenvalue weighted by Crippen LogP contribution is -2.53. The van der Waals surface area contributed by atoms with Crippen molar-refractivity contribution in [3.05, 3.63) is 21.9 Å². The van der Waals surface area contributed by atoms with E-state index in [1.54, 1.807) is 18.3 Å². The number of carbonyl (C=O) groups is 2. The fraction of sp³-hybridized carbons (Fsp3) is 0.625. The van der Waals surface area contributed by atoms with Crippen molar-refractivity contribution in [2.45, 2.75) is 58.7 Å². The maximum Gasteiger partial charge on any atom is 0.315 e. The van der Waals surface area contributed by atoms with E-state index in [0.717, 1.165) is 24.3 Å². The third-order valence-corrected chi connectivity index (χ3v) is 5.02. The summed E-state index contributed by atoms with van der Waals surface area (Å²) < 4.78 is 0. The van der Waals surface area contributed by atoms with E-state index in [1.807, 2.05) is 24.0 Å². The second-order valence-corrected chi connectivity index (χ2v) is 7.31. The molecule has 122 valence electrons. The highest BCUT2D eigenvalue weighted by atomic mass is 32.1. The van der Waals surface area contributed by atoms with Crippen molar-refractivity contribution in [2.24, 2.45) is 0 Å². The van der Waals surface area contributed by atoms with Gasteiger partial charge in [-0.15, -0.1) is 11.3 Å². The summed E-state index contributed by atoms with van der Waals surface area (Å²) in [6.45, 7) is 7.14. The third kappa shape index (κ3) is 4.47. The zero-order valence-corrected chi connectivity index (χ0v) is 14.3. The molecular weight excluding hydrogens is 298 g/mol. The van der Waals surface area contributed by atoms with Gasteiger partial charge in [-0.25, -0.2) is 4.79 Å². The summed E-state index contributed by atoms with van der Waals surface area (Å²) in [4.78, 5) is 28.5. The molecule has 0 aliphatic carbocycles. The molecule has 1 aromatic rings. The van der Waals surface area contributed by atoms with E-state index in [0.29, 0.717) is 6.54 Å². The minimum atomic E-state index is -0.495. The molecular formula is C16H25N3O2S. The van der Waals surface area contributed by atoms with Crippen LogP contribution >= 0.6 is 11.3 Å². The van der Waals surface area contributed by atoms with Crippen LogP contribution < -0.4 is 10.6 Å². The zero-order chi connectivity index (χ0) is 16.1. The molecule has 2 rings (SSSR count). The lowest BCUT2D eigenvalue weighted by atomic mass is 10.0. The molecule has 2 atom stereocenters. The van der Waals surface area contributed by atoms with Crippen LogP contribution in [0.1, 0.15) is 42.9 Å². The van der Waals surface area contributed by atoms with Gasteiger partial charge in [0.1, 0.15) is 6.04 Å². The fourth-order valence-corrected chi connectivity index (χ4v) is 3.56. The van der Waals surface area contributed by atoms with Crippen LogP contribution in [0.2, 0.25) is 0 Å². The number of nitrogens with one attached hydrogen (secondary N) is 2. The van der Waals surface area contributed by atoms with Gasteiger partial charge in [0, 0.05) is 22.3 Å². The molecule has 1 fully saturated rings. The summed E-state index contributed by atoms with van der Waals surface area (Å²) in [6, 6.07) is 3.51. The molecule has 22 heavy (non-hydrogen) atoms. The molecule has 0 spiro atoms. The van der Waals surface area contributed by atoms with Gasteiger partial charge in [0.15, 0.2) is 0 Å². The van der Waals surface area contributed by atoms with Crippen LogP contribution in [0.15, 0.2) is 12.1 Å². The number of aryl methyl sites for hydroxylation is 1. The normalized spacial score (nSPS) is 19.6. The van der Waals surface area contributed by atoms with Gasteiger partial charge >= 0.3 is 6.03 Å². The first-order chi connectivity index (χ1) is 10.5. The van der Waals surface area contributed by atoms with E-state index in [2.05, 4.69) is 17.6 Å². The first-order valence-corrected chi connectivity index (χ1v) is 8.69. The van der Waals surface area contributed by atoms with Gasteiger partial charge in [-0.2, -0.15) is 0 Å². The highest BCUT2D eigenvalue weighted by molar-refractivity contribution is 7.11. The number of urea groups is 1. The van der Waals surface area contributed by atoms with Crippen molar-refractivity contribution in [3.63, 3.8) is 0 Å². The van der Waals surface area contributed by atoms with Crippen molar-refractivity contribution in [2.75, 3.05) is 6.54 Å². The van der Waals surface area contributed by atoms with Gasteiger partial charge in [-0.3, -0.25) is 4.79 Å². The van der Waals surface area contributed by atoms with Gasteiger partial charge in [0.05, 0.1) is 6.54 Å². The van der Waals surface area contributed by atoms with E-state index < -0.39 is 6.04 Å². The van der Waals surface area contributed by atoms with E-state index in [1.165, 1.54) is 11.3 Å². The van der Waals surface area contributed by atoms with E-state index >= 15 is 0 Å². The molecule has 6 heteroatoms. The minimum absolute atomic E-state index is 0.00863. The largest absolute Gasteiger partial charge is 0.338 e. The lowest BCUT2D eigenvalue weighted by molar-refractivity contribution is -0.136. The molecule has 1 aromatic heterocycles. The molecule has 2 heterocycles. The van der Waals surface area contributed by atoms with Crippen molar-refractivity contribution < 1.29 is 9.59 Å². The number of rotatable bonds is 4. The predicted molar refractivity (Wildman–Crippen MR) is 88.9 cm³/mol. The van der Waals surface area contributed by atoms with Gasteiger partial charge in [-0.05, 0) is 52.2 Å². The predicted octanol–water partition coefficient (Wildman–Crippen LogP) is 2.65. The van der Waals surface area contributed by atoms with Gasteiger partial charge in [0.2, 0.25) is 5.91 Å². The van der Waals surface area contributed by atoms with E-state index in [9.17, 15) is 9.59 Å². The topological polar surface area (TPSA) is 61.4 Å². The van der Waals surface area contributed by atoms with E-state index in [-0.39, 0.29) is 18.0 Å². The second kappa shape index (κ2) is 7.63. The second-order valence-electron chi connectivity index (χ2n) is 5.94. The van der Waals surface area contributed by atoms with Crippen LogP contribution in [0.3, 0.4) is 0 Å². The monoisotopic (exact) mass is 323 g/mol. The van der Waals surface area contributed by atoms with Gasteiger partial charge in [0.25, 0.3) is 0 Å². The maximum absolute atomic E-state index is 12.4. The summed E-state index contributed by atoms with van der Waals surface area (Å²) in [5.41, 5.74) is 0. The highest BCUT2D eigenvalue weighted by Gasteiger charge is 2.27. The molecule has 0 bridgehead atoms. The molecule has 5 nitrogen and oxygen atoms in total. The Bertz CT molecular complexity index is 529. The summed E-state index contributed by atoms with van der Waals surface area (Å²) in [7, 11) is 0. The number of piperidine rings is 1. The Balaban J connectivity index is 1.78. The number of likely N-dealkylation sites (tertiary alicyclic amines) is 1. The Kier molecular flexibility index (Phi) is 5.83. The molecule has 0 unspecified atom stereocenters. The SMILES string of the molecule is Cc1ccc(CNC(=O)N[C@@H](C)C(=O)N2CCCC[C@@H]2C)s1. The fourth-order valence-electron chi connectivity index (χ4n) is 2.73. The van der Waals surface area contributed by atoms with Gasteiger partial charge < -0.3 is 15.5 Å². The van der Waals surface area contributed by atoms with Crippen LogP contribution in [-0.2, 0) is 11.3 Å². The van der Waals surface area contributed by atoms with Crippen molar-refractivity contribution >= 4 is 23.3 Å². The average molecular weight is 323 g/mol. The maximum atomic E-state index is 12.4. The number of hydrogen-bond donors (Lipinski definition) is 2. The lowest BCUT2D eigenvalue weighted by Gasteiger charge is -2.35. The summed E-state index contributed by atoms with van der Waals surface area (Å²) in [5.74, 6) is 0.00863. The van der Waals surface area contributed by atoms with Crippen LogP contribution in [0, 0.1) is 6.92 Å². The smallest absolute Gasteiger partial charge is 0.315 e. The Hall–Kier alpha value is -1.56. The zero-order valence-electron chi connectivity index (χ0n) is 13.5. The quantitative estimate of drug-likeness (QED) is 0.895. The van der Waals surface area contributed by atoms with Crippen molar-refractivity contribution in [3.8, 4) is 0 Å². The molecule has 1 saturated heterocycles. The molecule has 0 saturated carbocycles. The van der Waals surface area contributed by atoms with Crippen molar-refractivity contribution in [1.29, 1.82) is 0 Å². The molecule has 0 radical (unpaired) electrons. The average Bonchev–Trinajstić information content (AvgIpc) is 2.90. The molecule has 0 aromatic carbocycles. The minimum Gasteiger partial charge on any atom is -0.338 e. The van der Waals surface area contributed by atoms with E-state index in [4.69, 9.17) is 0 Å². The summed E-state index contributed by atoms with van der Waals surface area (Å²) in [5, 5.41) is 5.54. The van der Waals surface area contributed by atoms with Crippen LogP contribution in [-0.4, -0.2) is 35.5 Å². The van der Waals surface area contributed by atoms with Crippen LogP contribution in [0.5, 0.6) is 0 Å². The number of amides is 3.